The van der Waals surface area contributed by atoms with Crippen molar-refractivity contribution in [2.24, 2.45) is 0 Å². The summed E-state index contributed by atoms with van der Waals surface area (Å²) in [6, 6.07) is 0.432. The number of aromatic nitrogens is 2. The number of nitrogens with zero attached hydrogens (tertiary/aromatic N) is 2. The van der Waals surface area contributed by atoms with Gasteiger partial charge in [-0.3, -0.25) is 4.68 Å². The molecule has 0 aliphatic carbocycles. The summed E-state index contributed by atoms with van der Waals surface area (Å²) in [5.41, 5.74) is 2.55. The summed E-state index contributed by atoms with van der Waals surface area (Å²) in [5, 5.41) is 7.82. The van der Waals surface area contributed by atoms with Gasteiger partial charge in [0.05, 0.1) is 6.20 Å². The van der Waals surface area contributed by atoms with E-state index in [1.54, 1.807) is 0 Å². The Labute approximate surface area is 104 Å². The number of hydrogen-bond donors (Lipinski definition) is 1. The molecule has 0 radical (unpaired) electrons. The highest BCUT2D eigenvalue weighted by Gasteiger charge is 2.07. The number of hydrogen-bond acceptors (Lipinski definition) is 3. The van der Waals surface area contributed by atoms with Crippen molar-refractivity contribution in [3.05, 3.63) is 17.5 Å². The fourth-order valence-electron chi connectivity index (χ4n) is 1.82. The molecule has 1 heterocycles. The molecule has 0 fully saturated rings. The summed E-state index contributed by atoms with van der Waals surface area (Å²) < 4.78 is 7.36. The van der Waals surface area contributed by atoms with Crippen molar-refractivity contribution in [3.8, 4) is 0 Å². The van der Waals surface area contributed by atoms with E-state index in [9.17, 15) is 0 Å². The van der Waals surface area contributed by atoms with Gasteiger partial charge in [0.1, 0.15) is 0 Å². The lowest BCUT2D eigenvalue weighted by Crippen LogP contribution is -2.17. The maximum absolute atomic E-state index is 5.29. The molecule has 0 spiro atoms. The minimum Gasteiger partial charge on any atom is -0.382 e. The van der Waals surface area contributed by atoms with Gasteiger partial charge in [0.15, 0.2) is 0 Å². The van der Waals surface area contributed by atoms with Crippen LogP contribution in [0.2, 0.25) is 0 Å². The van der Waals surface area contributed by atoms with Crippen LogP contribution in [0.5, 0.6) is 0 Å². The Hall–Kier alpha value is -0.870. The van der Waals surface area contributed by atoms with Gasteiger partial charge >= 0.3 is 0 Å². The van der Waals surface area contributed by atoms with Crippen molar-refractivity contribution in [3.63, 3.8) is 0 Å². The van der Waals surface area contributed by atoms with E-state index in [1.165, 1.54) is 11.3 Å². The van der Waals surface area contributed by atoms with E-state index in [4.69, 9.17) is 4.74 Å². The predicted molar refractivity (Wildman–Crippen MR) is 70.2 cm³/mol. The summed E-state index contributed by atoms with van der Waals surface area (Å²) in [6.45, 7) is 12.0. The summed E-state index contributed by atoms with van der Waals surface area (Å²) >= 11 is 0. The van der Waals surface area contributed by atoms with Gasteiger partial charge in [-0.15, -0.1) is 0 Å². The van der Waals surface area contributed by atoms with Crippen LogP contribution in [0.15, 0.2) is 6.20 Å². The Balaban J connectivity index is 2.27. The van der Waals surface area contributed by atoms with Gasteiger partial charge in [0, 0.05) is 37.1 Å². The Morgan fingerprint density at radius 2 is 2.24 bits per heavy atom. The predicted octanol–water partition coefficient (Wildman–Crippen LogP) is 2.29. The first-order valence-corrected chi connectivity index (χ1v) is 6.48. The average molecular weight is 239 g/mol. The fraction of sp³-hybridized carbons (Fsp3) is 0.769. The van der Waals surface area contributed by atoms with Crippen molar-refractivity contribution in [1.82, 2.24) is 15.1 Å². The molecule has 4 heteroatoms. The second-order valence-corrected chi connectivity index (χ2v) is 4.52. The van der Waals surface area contributed by atoms with Crippen LogP contribution in [0, 0.1) is 6.92 Å². The Morgan fingerprint density at radius 1 is 1.47 bits per heavy atom. The molecule has 0 saturated carbocycles. The summed E-state index contributed by atoms with van der Waals surface area (Å²) in [5.74, 6) is 0. The molecule has 98 valence electrons. The Kier molecular flexibility index (Phi) is 6.22. The van der Waals surface area contributed by atoms with E-state index in [0.717, 1.165) is 32.7 Å². The van der Waals surface area contributed by atoms with Crippen LogP contribution in [-0.2, 0) is 11.3 Å². The van der Waals surface area contributed by atoms with Crippen molar-refractivity contribution in [2.75, 3.05) is 19.8 Å². The molecule has 0 amide bonds. The highest BCUT2D eigenvalue weighted by atomic mass is 16.5. The topological polar surface area (TPSA) is 39.1 Å². The molecular formula is C13H25N3O. The van der Waals surface area contributed by atoms with Gasteiger partial charge in [-0.1, -0.05) is 0 Å². The van der Waals surface area contributed by atoms with Crippen LogP contribution >= 0.6 is 0 Å². The lowest BCUT2D eigenvalue weighted by atomic mass is 10.2. The molecule has 0 aliphatic rings. The first-order chi connectivity index (χ1) is 8.16. The molecule has 0 bridgehead atoms. The van der Waals surface area contributed by atoms with E-state index < -0.39 is 0 Å². The third-order valence-electron chi connectivity index (χ3n) is 2.80. The van der Waals surface area contributed by atoms with E-state index in [2.05, 4.69) is 35.9 Å². The number of ether oxygens (including phenoxy) is 1. The van der Waals surface area contributed by atoms with Crippen LogP contribution in [0.1, 0.15) is 44.5 Å². The summed E-state index contributed by atoms with van der Waals surface area (Å²) in [4.78, 5) is 0. The smallest absolute Gasteiger partial charge is 0.0537 e. The van der Waals surface area contributed by atoms with Gasteiger partial charge in [-0.05, 0) is 40.7 Å². The molecule has 1 N–H and O–H groups in total. The zero-order valence-electron chi connectivity index (χ0n) is 11.5. The van der Waals surface area contributed by atoms with Crippen LogP contribution < -0.4 is 5.32 Å². The van der Waals surface area contributed by atoms with E-state index in [-0.39, 0.29) is 0 Å². The number of rotatable bonds is 8. The minimum absolute atomic E-state index is 0.432. The van der Waals surface area contributed by atoms with Crippen LogP contribution in [0.4, 0.5) is 0 Å². The molecule has 1 aromatic rings. The maximum Gasteiger partial charge on any atom is 0.0537 e. The third-order valence-corrected chi connectivity index (χ3v) is 2.80. The molecule has 0 saturated heterocycles. The van der Waals surface area contributed by atoms with E-state index in [1.807, 2.05) is 13.1 Å². The largest absolute Gasteiger partial charge is 0.382 e. The van der Waals surface area contributed by atoms with Gasteiger partial charge in [-0.25, -0.2) is 0 Å². The fourth-order valence-corrected chi connectivity index (χ4v) is 1.82. The van der Waals surface area contributed by atoms with Gasteiger partial charge < -0.3 is 10.1 Å². The van der Waals surface area contributed by atoms with Gasteiger partial charge in [-0.2, -0.15) is 5.10 Å². The standard InChI is InChI=1S/C13H25N3O/c1-5-17-8-6-7-14-9-13-10-15-16(11(2)3)12(13)4/h10-11,14H,5-9H2,1-4H3. The SMILES string of the molecule is CCOCCCNCc1cnn(C(C)C)c1C. The van der Waals surface area contributed by atoms with Gasteiger partial charge in [0.2, 0.25) is 0 Å². The first-order valence-electron chi connectivity index (χ1n) is 6.48. The molecular weight excluding hydrogens is 214 g/mol. The normalized spacial score (nSPS) is 11.4. The van der Waals surface area contributed by atoms with Crippen molar-refractivity contribution in [1.29, 1.82) is 0 Å². The van der Waals surface area contributed by atoms with Crippen LogP contribution in [-0.4, -0.2) is 29.5 Å². The molecule has 4 nitrogen and oxygen atoms in total. The second-order valence-electron chi connectivity index (χ2n) is 4.52. The molecule has 0 unspecified atom stereocenters. The first kappa shape index (κ1) is 14.2. The number of nitrogens with one attached hydrogen (secondary N) is 1. The van der Waals surface area contributed by atoms with Crippen LogP contribution in [0.25, 0.3) is 0 Å². The molecule has 0 aromatic carbocycles. The van der Waals surface area contributed by atoms with E-state index >= 15 is 0 Å². The molecule has 1 aromatic heterocycles. The lowest BCUT2D eigenvalue weighted by molar-refractivity contribution is 0.144. The Bertz CT molecular complexity index is 320. The van der Waals surface area contributed by atoms with E-state index in [0.29, 0.717) is 6.04 Å². The average Bonchev–Trinajstić information content (AvgIpc) is 2.65. The highest BCUT2D eigenvalue weighted by molar-refractivity contribution is 5.16. The lowest BCUT2D eigenvalue weighted by Gasteiger charge is -2.09. The zero-order valence-corrected chi connectivity index (χ0v) is 11.5. The quantitative estimate of drug-likeness (QED) is 0.707. The van der Waals surface area contributed by atoms with Crippen molar-refractivity contribution in [2.45, 2.75) is 46.7 Å². The molecule has 17 heavy (non-hydrogen) atoms. The van der Waals surface area contributed by atoms with Crippen molar-refractivity contribution < 1.29 is 4.74 Å². The monoisotopic (exact) mass is 239 g/mol. The second kappa shape index (κ2) is 7.45. The van der Waals surface area contributed by atoms with Crippen LogP contribution in [0.3, 0.4) is 0 Å². The summed E-state index contributed by atoms with van der Waals surface area (Å²) in [7, 11) is 0. The van der Waals surface area contributed by atoms with Gasteiger partial charge in [0.25, 0.3) is 0 Å². The van der Waals surface area contributed by atoms with Crippen molar-refractivity contribution >= 4 is 0 Å². The zero-order chi connectivity index (χ0) is 12.7. The minimum atomic E-state index is 0.432. The third kappa shape index (κ3) is 4.48. The highest BCUT2D eigenvalue weighted by Crippen LogP contribution is 2.12. The summed E-state index contributed by atoms with van der Waals surface area (Å²) in [6.07, 6.45) is 3.02. The molecule has 0 atom stereocenters. The molecule has 1 rings (SSSR count). The maximum atomic E-state index is 5.29. The Morgan fingerprint density at radius 3 is 2.82 bits per heavy atom. The molecule has 0 aliphatic heterocycles.